The Labute approximate surface area is 158 Å². The largest absolute Gasteiger partial charge is 0.417 e. The van der Waals surface area contributed by atoms with Crippen molar-refractivity contribution in [3.63, 3.8) is 0 Å². The summed E-state index contributed by atoms with van der Waals surface area (Å²) in [5.74, 6) is 0. The number of rotatable bonds is 5. The smallest absolute Gasteiger partial charge is 0.280 e. The zero-order valence-corrected chi connectivity index (χ0v) is 15.2. The minimum Gasteiger partial charge on any atom is -0.280 e. The molecule has 27 heavy (non-hydrogen) atoms. The maximum Gasteiger partial charge on any atom is 0.417 e. The van der Waals surface area contributed by atoms with Crippen LogP contribution in [0.25, 0.3) is 0 Å². The molecule has 1 aromatic heterocycles. The standard InChI is InChI=1S/C17H13ClF3N3O2S/c18-13-5-6-16(15(10-13)17(19,20)21)27(25,26)23-14-4-1-3-12(9-14)11-24-8-2-7-22-24/h1-10,23H,11H2. The first kappa shape index (κ1) is 19.2. The van der Waals surface area contributed by atoms with Crippen molar-refractivity contribution in [1.82, 2.24) is 9.78 Å². The molecule has 2 aromatic carbocycles. The summed E-state index contributed by atoms with van der Waals surface area (Å²) in [5.41, 5.74) is -0.455. The van der Waals surface area contributed by atoms with Gasteiger partial charge in [-0.15, -0.1) is 0 Å². The van der Waals surface area contributed by atoms with E-state index in [1.165, 1.54) is 12.1 Å². The average Bonchev–Trinajstić information content (AvgIpc) is 3.06. The first-order valence-electron chi connectivity index (χ1n) is 7.61. The van der Waals surface area contributed by atoms with Crippen molar-refractivity contribution in [2.75, 3.05) is 4.72 Å². The molecular weight excluding hydrogens is 403 g/mol. The molecule has 0 saturated carbocycles. The van der Waals surface area contributed by atoms with Gasteiger partial charge in [0.2, 0.25) is 0 Å². The van der Waals surface area contributed by atoms with E-state index in [1.807, 2.05) is 0 Å². The molecule has 0 fully saturated rings. The van der Waals surface area contributed by atoms with Crippen molar-refractivity contribution in [3.8, 4) is 0 Å². The summed E-state index contributed by atoms with van der Waals surface area (Å²) >= 11 is 5.60. The average molecular weight is 416 g/mol. The fraction of sp³-hybridized carbons (Fsp3) is 0.118. The normalized spacial score (nSPS) is 12.1. The van der Waals surface area contributed by atoms with Crippen LogP contribution in [0.2, 0.25) is 5.02 Å². The van der Waals surface area contributed by atoms with E-state index in [-0.39, 0.29) is 10.7 Å². The van der Waals surface area contributed by atoms with Crippen LogP contribution < -0.4 is 4.72 Å². The number of benzene rings is 2. The van der Waals surface area contributed by atoms with Crippen molar-refractivity contribution >= 4 is 27.3 Å². The fourth-order valence-electron chi connectivity index (χ4n) is 2.48. The van der Waals surface area contributed by atoms with Crippen LogP contribution in [0.15, 0.2) is 65.8 Å². The van der Waals surface area contributed by atoms with E-state index in [4.69, 9.17) is 11.6 Å². The van der Waals surface area contributed by atoms with Gasteiger partial charge in [-0.1, -0.05) is 23.7 Å². The number of alkyl halides is 3. The number of halogens is 4. The minimum atomic E-state index is -4.86. The molecule has 0 aliphatic heterocycles. The van der Waals surface area contributed by atoms with Crippen LogP contribution >= 0.6 is 11.6 Å². The third-order valence-electron chi connectivity index (χ3n) is 3.62. The van der Waals surface area contributed by atoms with Gasteiger partial charge in [0.1, 0.15) is 0 Å². The van der Waals surface area contributed by atoms with Crippen LogP contribution in [0.1, 0.15) is 11.1 Å². The summed E-state index contributed by atoms with van der Waals surface area (Å²) in [4.78, 5) is -0.892. The van der Waals surface area contributed by atoms with E-state index in [0.717, 1.165) is 17.7 Å². The topological polar surface area (TPSA) is 64.0 Å². The van der Waals surface area contributed by atoms with Gasteiger partial charge < -0.3 is 0 Å². The SMILES string of the molecule is O=S(=O)(Nc1cccc(Cn2cccn2)c1)c1ccc(Cl)cc1C(F)(F)F. The van der Waals surface area contributed by atoms with Gasteiger partial charge in [0.15, 0.2) is 0 Å². The summed E-state index contributed by atoms with van der Waals surface area (Å²) in [5, 5.41) is 3.84. The van der Waals surface area contributed by atoms with E-state index >= 15 is 0 Å². The number of nitrogens with one attached hydrogen (secondary N) is 1. The molecule has 0 spiro atoms. The van der Waals surface area contributed by atoms with E-state index in [9.17, 15) is 21.6 Å². The highest BCUT2D eigenvalue weighted by molar-refractivity contribution is 7.92. The lowest BCUT2D eigenvalue weighted by molar-refractivity contribution is -0.139. The summed E-state index contributed by atoms with van der Waals surface area (Å²) in [6.07, 6.45) is -1.52. The van der Waals surface area contributed by atoms with Crippen molar-refractivity contribution in [2.45, 2.75) is 17.6 Å². The number of anilines is 1. The predicted octanol–water partition coefficient (Wildman–Crippen LogP) is 4.40. The molecule has 142 valence electrons. The molecule has 1 heterocycles. The van der Waals surface area contributed by atoms with Crippen LogP contribution in [0.4, 0.5) is 18.9 Å². The fourth-order valence-corrected chi connectivity index (χ4v) is 3.91. The molecule has 10 heteroatoms. The van der Waals surface area contributed by atoms with Gasteiger partial charge >= 0.3 is 6.18 Å². The number of sulfonamides is 1. The molecule has 0 aliphatic rings. The lowest BCUT2D eigenvalue weighted by Crippen LogP contribution is -2.19. The number of hydrogen-bond acceptors (Lipinski definition) is 3. The van der Waals surface area contributed by atoms with Crippen molar-refractivity contribution in [1.29, 1.82) is 0 Å². The van der Waals surface area contributed by atoms with Gasteiger partial charge in [0.05, 0.1) is 17.0 Å². The quantitative estimate of drug-likeness (QED) is 0.671. The highest BCUT2D eigenvalue weighted by atomic mass is 35.5. The molecule has 0 unspecified atom stereocenters. The van der Waals surface area contributed by atoms with Crippen LogP contribution in [-0.4, -0.2) is 18.2 Å². The second-order valence-electron chi connectivity index (χ2n) is 5.65. The lowest BCUT2D eigenvalue weighted by Gasteiger charge is -2.15. The third-order valence-corrected chi connectivity index (χ3v) is 5.29. The van der Waals surface area contributed by atoms with E-state index < -0.39 is 26.7 Å². The molecule has 0 bridgehead atoms. The molecule has 0 saturated heterocycles. The summed E-state index contributed by atoms with van der Waals surface area (Å²) in [6, 6.07) is 10.6. The molecule has 0 amide bonds. The van der Waals surface area contributed by atoms with Gasteiger partial charge in [-0.3, -0.25) is 9.40 Å². The zero-order valence-electron chi connectivity index (χ0n) is 13.6. The predicted molar refractivity (Wildman–Crippen MR) is 95.0 cm³/mol. The van der Waals surface area contributed by atoms with Crippen LogP contribution in [0.3, 0.4) is 0 Å². The first-order valence-corrected chi connectivity index (χ1v) is 9.47. The lowest BCUT2D eigenvalue weighted by atomic mass is 10.2. The van der Waals surface area contributed by atoms with Crippen LogP contribution in [-0.2, 0) is 22.7 Å². The van der Waals surface area contributed by atoms with Gasteiger partial charge in [-0.05, 0) is 42.0 Å². The molecule has 0 aliphatic carbocycles. The molecule has 3 aromatic rings. The maximum absolute atomic E-state index is 13.2. The van der Waals surface area contributed by atoms with E-state index in [2.05, 4.69) is 9.82 Å². The Balaban J connectivity index is 1.92. The second kappa shape index (κ2) is 7.24. The van der Waals surface area contributed by atoms with E-state index in [0.29, 0.717) is 12.6 Å². The molecule has 0 atom stereocenters. The molecule has 5 nitrogen and oxygen atoms in total. The highest BCUT2D eigenvalue weighted by Gasteiger charge is 2.37. The third kappa shape index (κ3) is 4.61. The number of aromatic nitrogens is 2. The molecule has 0 radical (unpaired) electrons. The van der Waals surface area contributed by atoms with Crippen molar-refractivity contribution in [3.05, 3.63) is 77.1 Å². The Hall–Kier alpha value is -2.52. The van der Waals surface area contributed by atoms with Crippen molar-refractivity contribution < 1.29 is 21.6 Å². The Bertz CT molecular complexity index is 1050. The highest BCUT2D eigenvalue weighted by Crippen LogP contribution is 2.36. The van der Waals surface area contributed by atoms with Gasteiger partial charge in [-0.2, -0.15) is 18.3 Å². The summed E-state index contributed by atoms with van der Waals surface area (Å²) < 4.78 is 68.5. The Morgan fingerprint density at radius 3 is 2.56 bits per heavy atom. The van der Waals surface area contributed by atoms with Crippen LogP contribution in [0.5, 0.6) is 0 Å². The minimum absolute atomic E-state index is 0.141. The number of nitrogens with zero attached hydrogens (tertiary/aromatic N) is 2. The van der Waals surface area contributed by atoms with E-state index in [1.54, 1.807) is 35.3 Å². The first-order chi connectivity index (χ1) is 12.6. The Morgan fingerprint density at radius 2 is 1.89 bits per heavy atom. The van der Waals surface area contributed by atoms with Crippen molar-refractivity contribution in [2.24, 2.45) is 0 Å². The second-order valence-corrected chi connectivity index (χ2v) is 7.74. The van der Waals surface area contributed by atoms with Gasteiger partial charge in [-0.25, -0.2) is 8.42 Å². The van der Waals surface area contributed by atoms with Crippen LogP contribution in [0, 0.1) is 0 Å². The Kier molecular flexibility index (Phi) is 5.16. The monoisotopic (exact) mass is 415 g/mol. The summed E-state index contributed by atoms with van der Waals surface area (Å²) in [6.45, 7) is 0.386. The Morgan fingerprint density at radius 1 is 1.11 bits per heavy atom. The van der Waals surface area contributed by atoms with Gasteiger partial charge in [0.25, 0.3) is 10.0 Å². The zero-order chi connectivity index (χ0) is 19.7. The maximum atomic E-state index is 13.2. The molecule has 3 rings (SSSR count). The summed E-state index contributed by atoms with van der Waals surface area (Å²) in [7, 11) is -4.47. The molecular formula is C17H13ClF3N3O2S. The van der Waals surface area contributed by atoms with Gasteiger partial charge in [0, 0.05) is 23.1 Å². The molecule has 1 N–H and O–H groups in total. The number of hydrogen-bond donors (Lipinski definition) is 1.